The lowest BCUT2D eigenvalue weighted by molar-refractivity contribution is -0.384. The monoisotopic (exact) mass is 407 g/mol. The highest BCUT2D eigenvalue weighted by Crippen LogP contribution is 2.37. The topological polar surface area (TPSA) is 111 Å². The highest BCUT2D eigenvalue weighted by atomic mass is 35.5. The van der Waals surface area contributed by atoms with E-state index in [4.69, 9.17) is 10.3 Å². The Labute approximate surface area is 170 Å². The van der Waals surface area contributed by atoms with Crippen LogP contribution >= 0.6 is 12.4 Å². The first kappa shape index (κ1) is 20.5. The van der Waals surface area contributed by atoms with Crippen molar-refractivity contribution < 1.29 is 9.45 Å². The maximum Gasteiger partial charge on any atom is 0.293 e. The van der Waals surface area contributed by atoms with E-state index in [9.17, 15) is 10.1 Å². The van der Waals surface area contributed by atoms with Gasteiger partial charge in [-0.15, -0.1) is 12.4 Å². The van der Waals surface area contributed by atoms with Crippen LogP contribution in [0.5, 0.6) is 0 Å². The lowest BCUT2D eigenvalue weighted by atomic mass is 9.98. The van der Waals surface area contributed by atoms with Crippen LogP contribution in [0.3, 0.4) is 0 Å². The van der Waals surface area contributed by atoms with Crippen molar-refractivity contribution in [2.45, 2.75) is 51.0 Å². The van der Waals surface area contributed by atoms with Crippen LogP contribution in [0.2, 0.25) is 0 Å². The first-order valence-corrected chi connectivity index (χ1v) is 9.63. The smallest absolute Gasteiger partial charge is 0.293 e. The molecule has 0 radical (unpaired) electrons. The summed E-state index contributed by atoms with van der Waals surface area (Å²) >= 11 is 0. The van der Waals surface area contributed by atoms with E-state index in [1.807, 2.05) is 6.07 Å². The van der Waals surface area contributed by atoms with Crippen LogP contribution < -0.4 is 10.6 Å². The summed E-state index contributed by atoms with van der Waals surface area (Å²) < 4.78 is 5.39. The summed E-state index contributed by atoms with van der Waals surface area (Å²) in [6, 6.07) is 5.14. The number of halogens is 1. The van der Waals surface area contributed by atoms with Gasteiger partial charge in [-0.2, -0.15) is 4.98 Å². The van der Waals surface area contributed by atoms with Gasteiger partial charge in [0.2, 0.25) is 0 Å². The van der Waals surface area contributed by atoms with Gasteiger partial charge in [-0.1, -0.05) is 24.9 Å². The van der Waals surface area contributed by atoms with Crippen LogP contribution in [0.1, 0.15) is 51.3 Å². The second-order valence-corrected chi connectivity index (χ2v) is 7.92. The van der Waals surface area contributed by atoms with Crippen molar-refractivity contribution in [1.29, 1.82) is 0 Å². The normalized spacial score (nSPS) is 19.4. The van der Waals surface area contributed by atoms with Gasteiger partial charge < -0.3 is 15.2 Å². The number of rotatable bonds is 4. The first-order valence-electron chi connectivity index (χ1n) is 9.63. The fourth-order valence-electron chi connectivity index (χ4n) is 4.09. The average Bonchev–Trinajstić information content (AvgIpc) is 3.32. The minimum atomic E-state index is -0.544. The zero-order valence-electron chi connectivity index (χ0n) is 16.0. The number of anilines is 1. The number of hydrogen-bond acceptors (Lipinski definition) is 7. The van der Waals surface area contributed by atoms with E-state index in [1.54, 1.807) is 6.07 Å². The second kappa shape index (κ2) is 8.05. The molecule has 28 heavy (non-hydrogen) atoms. The predicted molar refractivity (Wildman–Crippen MR) is 109 cm³/mol. The van der Waals surface area contributed by atoms with Gasteiger partial charge in [-0.25, -0.2) is 0 Å². The number of benzene rings is 1. The fraction of sp³-hybridized carbons (Fsp3) is 0.579. The molecule has 0 unspecified atom stereocenters. The molecule has 4 rings (SSSR count). The SMILES string of the molecule is CC1CCN(c2ccc(-c3nc(C4(N)CCCC4)no3)cc2[N+](=O)[O-])CC1.Cl. The van der Waals surface area contributed by atoms with Crippen molar-refractivity contribution in [3.8, 4) is 11.5 Å². The average molecular weight is 408 g/mol. The Hall–Kier alpha value is -2.19. The fourth-order valence-corrected chi connectivity index (χ4v) is 4.09. The minimum Gasteiger partial charge on any atom is -0.366 e. The van der Waals surface area contributed by atoms with Gasteiger partial charge in [0.1, 0.15) is 5.69 Å². The molecule has 1 saturated heterocycles. The van der Waals surface area contributed by atoms with E-state index in [0.717, 1.165) is 51.6 Å². The van der Waals surface area contributed by atoms with E-state index in [0.29, 0.717) is 23.0 Å². The predicted octanol–water partition coefficient (Wildman–Crippen LogP) is 4.03. The molecule has 152 valence electrons. The minimum absolute atomic E-state index is 0. The molecule has 0 bridgehead atoms. The highest BCUT2D eigenvalue weighted by molar-refractivity contribution is 5.85. The molecule has 2 fully saturated rings. The lowest BCUT2D eigenvalue weighted by Crippen LogP contribution is -2.34. The van der Waals surface area contributed by atoms with E-state index >= 15 is 0 Å². The second-order valence-electron chi connectivity index (χ2n) is 7.92. The third-order valence-corrected chi connectivity index (χ3v) is 5.91. The van der Waals surface area contributed by atoms with E-state index in [2.05, 4.69) is 22.0 Å². The van der Waals surface area contributed by atoms with Crippen LogP contribution in [0.15, 0.2) is 22.7 Å². The maximum absolute atomic E-state index is 11.7. The molecule has 1 aliphatic carbocycles. The Morgan fingerprint density at radius 2 is 1.96 bits per heavy atom. The molecule has 0 atom stereocenters. The van der Waals surface area contributed by atoms with Crippen molar-refractivity contribution in [3.05, 3.63) is 34.1 Å². The number of nitrogens with two attached hydrogens (primary N) is 1. The number of nitro benzene ring substituents is 1. The molecule has 2 heterocycles. The Morgan fingerprint density at radius 3 is 2.61 bits per heavy atom. The van der Waals surface area contributed by atoms with Crippen molar-refractivity contribution in [3.63, 3.8) is 0 Å². The number of piperidine rings is 1. The van der Waals surface area contributed by atoms with Gasteiger partial charge in [0.05, 0.1) is 10.5 Å². The van der Waals surface area contributed by atoms with Crippen molar-refractivity contribution in [1.82, 2.24) is 10.1 Å². The Bertz CT molecular complexity index is 842. The maximum atomic E-state index is 11.7. The summed E-state index contributed by atoms with van der Waals surface area (Å²) in [5, 5.41) is 15.7. The Balaban J connectivity index is 0.00000225. The van der Waals surface area contributed by atoms with Crippen LogP contribution in [0.25, 0.3) is 11.5 Å². The molecule has 1 aliphatic heterocycles. The third kappa shape index (κ3) is 3.84. The molecule has 0 spiro atoms. The van der Waals surface area contributed by atoms with E-state index < -0.39 is 5.54 Å². The van der Waals surface area contributed by atoms with Crippen molar-refractivity contribution in [2.75, 3.05) is 18.0 Å². The highest BCUT2D eigenvalue weighted by Gasteiger charge is 2.36. The van der Waals surface area contributed by atoms with Crippen LogP contribution in [-0.2, 0) is 5.54 Å². The van der Waals surface area contributed by atoms with Gasteiger partial charge in [-0.05, 0) is 43.7 Å². The summed E-state index contributed by atoms with van der Waals surface area (Å²) in [7, 11) is 0. The van der Waals surface area contributed by atoms with Gasteiger partial charge >= 0.3 is 0 Å². The van der Waals surface area contributed by atoms with Crippen molar-refractivity contribution in [2.24, 2.45) is 11.7 Å². The van der Waals surface area contributed by atoms with Gasteiger partial charge in [0.15, 0.2) is 5.82 Å². The van der Waals surface area contributed by atoms with Gasteiger partial charge in [0.25, 0.3) is 11.6 Å². The summed E-state index contributed by atoms with van der Waals surface area (Å²) in [5.41, 5.74) is 7.12. The molecular formula is C19H26ClN5O3. The Kier molecular flexibility index (Phi) is 5.90. The molecule has 9 heteroatoms. The summed E-state index contributed by atoms with van der Waals surface area (Å²) in [6.07, 6.45) is 5.86. The van der Waals surface area contributed by atoms with E-state index in [-0.39, 0.29) is 28.9 Å². The molecule has 1 aromatic heterocycles. The molecule has 1 aromatic carbocycles. The van der Waals surface area contributed by atoms with Gasteiger partial charge in [-0.3, -0.25) is 10.1 Å². The molecular weight excluding hydrogens is 382 g/mol. The molecule has 2 aromatic rings. The first-order chi connectivity index (χ1) is 13.0. The largest absolute Gasteiger partial charge is 0.366 e. The third-order valence-electron chi connectivity index (χ3n) is 5.91. The van der Waals surface area contributed by atoms with Crippen LogP contribution in [0, 0.1) is 16.0 Å². The number of aromatic nitrogens is 2. The number of hydrogen-bond donors (Lipinski definition) is 1. The van der Waals surface area contributed by atoms with Crippen LogP contribution in [-0.4, -0.2) is 28.2 Å². The van der Waals surface area contributed by atoms with Crippen molar-refractivity contribution >= 4 is 23.8 Å². The molecule has 0 amide bonds. The Morgan fingerprint density at radius 1 is 1.29 bits per heavy atom. The molecule has 1 saturated carbocycles. The summed E-state index contributed by atoms with van der Waals surface area (Å²) in [4.78, 5) is 17.9. The summed E-state index contributed by atoms with van der Waals surface area (Å²) in [6.45, 7) is 3.89. The van der Waals surface area contributed by atoms with Crippen LogP contribution in [0.4, 0.5) is 11.4 Å². The zero-order chi connectivity index (χ0) is 19.0. The number of nitrogens with zero attached hydrogens (tertiary/aromatic N) is 4. The standard InChI is InChI=1S/C19H25N5O3.ClH/c1-13-6-10-23(11-7-13)15-5-4-14(12-16(15)24(25)26)17-21-18(22-27-17)19(20)8-2-3-9-19;/h4-5,12-13H,2-3,6-11,20H2,1H3;1H. The molecule has 8 nitrogen and oxygen atoms in total. The number of nitro groups is 1. The molecule has 2 N–H and O–H groups in total. The summed E-state index contributed by atoms with van der Waals surface area (Å²) in [5.74, 6) is 1.44. The van der Waals surface area contributed by atoms with E-state index in [1.165, 1.54) is 6.07 Å². The zero-order valence-corrected chi connectivity index (χ0v) is 16.8. The quantitative estimate of drug-likeness (QED) is 0.601. The van der Waals surface area contributed by atoms with Gasteiger partial charge in [0, 0.05) is 24.7 Å². The molecule has 2 aliphatic rings. The lowest BCUT2D eigenvalue weighted by Gasteiger charge is -2.31.